The lowest BCUT2D eigenvalue weighted by Gasteiger charge is -2.23. The highest BCUT2D eigenvalue weighted by molar-refractivity contribution is 4.92. The molecule has 1 rings (SSSR count). The molecular formula is C6H11NO. The summed E-state index contributed by atoms with van der Waals surface area (Å²) < 4.78 is 0. The Labute approximate surface area is 49.4 Å². The Bertz CT molecular complexity index is 101. The SMILES string of the molecule is C=C1CCCCN1O. The van der Waals surface area contributed by atoms with Crippen LogP contribution in [0.5, 0.6) is 0 Å². The molecule has 1 aliphatic rings. The van der Waals surface area contributed by atoms with Gasteiger partial charge in [-0.15, -0.1) is 0 Å². The van der Waals surface area contributed by atoms with Crippen molar-refractivity contribution in [3.8, 4) is 0 Å². The maximum absolute atomic E-state index is 8.91. The monoisotopic (exact) mass is 113 g/mol. The molecule has 0 radical (unpaired) electrons. The molecule has 0 aromatic heterocycles. The summed E-state index contributed by atoms with van der Waals surface area (Å²) in [4.78, 5) is 0. The zero-order chi connectivity index (χ0) is 5.98. The first kappa shape index (κ1) is 5.63. The second-order valence-corrected chi connectivity index (χ2v) is 2.15. The molecule has 46 valence electrons. The predicted octanol–water partition coefficient (Wildman–Crippen LogP) is 1.38. The normalized spacial score (nSPS) is 21.6. The van der Waals surface area contributed by atoms with Crippen LogP contribution in [0.2, 0.25) is 0 Å². The van der Waals surface area contributed by atoms with Crippen molar-refractivity contribution in [1.82, 2.24) is 5.06 Å². The van der Waals surface area contributed by atoms with E-state index in [0.717, 1.165) is 25.1 Å². The molecular weight excluding hydrogens is 102 g/mol. The van der Waals surface area contributed by atoms with Gasteiger partial charge in [-0.05, 0) is 19.3 Å². The average Bonchev–Trinajstić information content (AvgIpc) is 1.77. The number of hydrogen-bond acceptors (Lipinski definition) is 2. The Hall–Kier alpha value is -0.500. The number of rotatable bonds is 0. The summed E-state index contributed by atoms with van der Waals surface area (Å²) in [7, 11) is 0. The molecule has 2 heteroatoms. The second kappa shape index (κ2) is 2.18. The number of nitrogens with zero attached hydrogens (tertiary/aromatic N) is 1. The fourth-order valence-corrected chi connectivity index (χ4v) is 0.878. The first-order valence-corrected chi connectivity index (χ1v) is 2.95. The molecule has 0 bridgehead atoms. The summed E-state index contributed by atoms with van der Waals surface area (Å²) in [6.45, 7) is 4.43. The van der Waals surface area contributed by atoms with E-state index in [0.29, 0.717) is 0 Å². The summed E-state index contributed by atoms with van der Waals surface area (Å²) in [5, 5.41) is 10.2. The zero-order valence-corrected chi connectivity index (χ0v) is 4.93. The molecule has 1 aliphatic heterocycles. The summed E-state index contributed by atoms with van der Waals surface area (Å²) >= 11 is 0. The van der Waals surface area contributed by atoms with Crippen molar-refractivity contribution in [3.63, 3.8) is 0 Å². The predicted molar refractivity (Wildman–Crippen MR) is 31.5 cm³/mol. The molecule has 1 saturated heterocycles. The maximum Gasteiger partial charge on any atom is 0.0449 e. The first-order chi connectivity index (χ1) is 3.80. The number of hydrogen-bond donors (Lipinski definition) is 1. The lowest BCUT2D eigenvalue weighted by atomic mass is 10.1. The van der Waals surface area contributed by atoms with Gasteiger partial charge in [-0.25, -0.2) is 0 Å². The van der Waals surface area contributed by atoms with Gasteiger partial charge in [0, 0.05) is 12.2 Å². The van der Waals surface area contributed by atoms with Crippen LogP contribution in [-0.2, 0) is 0 Å². The van der Waals surface area contributed by atoms with Crippen LogP contribution >= 0.6 is 0 Å². The van der Waals surface area contributed by atoms with Crippen molar-refractivity contribution in [2.45, 2.75) is 19.3 Å². The minimum atomic E-state index is 0.763. The van der Waals surface area contributed by atoms with Gasteiger partial charge in [-0.3, -0.25) is 10.3 Å². The molecule has 1 heterocycles. The molecule has 0 spiro atoms. The molecule has 0 atom stereocenters. The molecule has 1 N–H and O–H groups in total. The Morgan fingerprint density at radius 1 is 1.50 bits per heavy atom. The lowest BCUT2D eigenvalue weighted by molar-refractivity contribution is -0.0681. The zero-order valence-electron chi connectivity index (χ0n) is 4.93. The third kappa shape index (κ3) is 1.01. The van der Waals surface area contributed by atoms with E-state index in [1.54, 1.807) is 0 Å². The van der Waals surface area contributed by atoms with E-state index in [1.165, 1.54) is 11.5 Å². The molecule has 0 amide bonds. The van der Waals surface area contributed by atoms with E-state index in [1.807, 2.05) is 0 Å². The summed E-state index contributed by atoms with van der Waals surface area (Å²) in [5.41, 5.74) is 0.858. The fraction of sp³-hybridized carbons (Fsp3) is 0.667. The van der Waals surface area contributed by atoms with Gasteiger partial charge < -0.3 is 0 Å². The van der Waals surface area contributed by atoms with Crippen molar-refractivity contribution in [2.24, 2.45) is 0 Å². The molecule has 8 heavy (non-hydrogen) atoms. The van der Waals surface area contributed by atoms with Gasteiger partial charge in [0.05, 0.1) is 0 Å². The average molecular weight is 113 g/mol. The van der Waals surface area contributed by atoms with Crippen molar-refractivity contribution in [3.05, 3.63) is 12.3 Å². The standard InChI is InChI=1S/C6H11NO/c1-6-4-2-3-5-7(6)8/h8H,1-5H2. The van der Waals surface area contributed by atoms with E-state index in [4.69, 9.17) is 5.21 Å². The van der Waals surface area contributed by atoms with Gasteiger partial charge in [0.15, 0.2) is 0 Å². The Morgan fingerprint density at radius 3 is 2.62 bits per heavy atom. The third-order valence-corrected chi connectivity index (χ3v) is 1.45. The quantitative estimate of drug-likeness (QED) is 0.513. The van der Waals surface area contributed by atoms with Gasteiger partial charge in [0.2, 0.25) is 0 Å². The van der Waals surface area contributed by atoms with Gasteiger partial charge in [-0.2, -0.15) is 0 Å². The fourth-order valence-electron chi connectivity index (χ4n) is 0.878. The summed E-state index contributed by atoms with van der Waals surface area (Å²) in [5.74, 6) is 0. The summed E-state index contributed by atoms with van der Waals surface area (Å²) in [6, 6.07) is 0. The van der Waals surface area contributed by atoms with E-state index < -0.39 is 0 Å². The van der Waals surface area contributed by atoms with E-state index in [9.17, 15) is 0 Å². The van der Waals surface area contributed by atoms with Crippen molar-refractivity contribution >= 4 is 0 Å². The van der Waals surface area contributed by atoms with Gasteiger partial charge in [-0.1, -0.05) is 6.58 Å². The van der Waals surface area contributed by atoms with Gasteiger partial charge in [0.1, 0.15) is 0 Å². The van der Waals surface area contributed by atoms with Gasteiger partial charge in [0.25, 0.3) is 0 Å². The van der Waals surface area contributed by atoms with E-state index in [2.05, 4.69) is 6.58 Å². The minimum absolute atomic E-state index is 0.763. The largest absolute Gasteiger partial charge is 0.289 e. The molecule has 0 aromatic carbocycles. The van der Waals surface area contributed by atoms with Gasteiger partial charge >= 0.3 is 0 Å². The van der Waals surface area contributed by atoms with Crippen LogP contribution in [0.1, 0.15) is 19.3 Å². The second-order valence-electron chi connectivity index (χ2n) is 2.15. The van der Waals surface area contributed by atoms with E-state index in [-0.39, 0.29) is 0 Å². The molecule has 2 nitrogen and oxygen atoms in total. The van der Waals surface area contributed by atoms with Crippen molar-refractivity contribution in [2.75, 3.05) is 6.54 Å². The highest BCUT2D eigenvalue weighted by Crippen LogP contribution is 2.15. The van der Waals surface area contributed by atoms with Crippen molar-refractivity contribution in [1.29, 1.82) is 0 Å². The maximum atomic E-state index is 8.91. The highest BCUT2D eigenvalue weighted by Gasteiger charge is 2.08. The topological polar surface area (TPSA) is 23.5 Å². The molecule has 0 aromatic rings. The van der Waals surface area contributed by atoms with Crippen LogP contribution < -0.4 is 0 Å². The smallest absolute Gasteiger partial charge is 0.0449 e. The van der Waals surface area contributed by atoms with Crippen LogP contribution in [0.3, 0.4) is 0 Å². The number of piperidine rings is 1. The Balaban J connectivity index is 2.39. The first-order valence-electron chi connectivity index (χ1n) is 2.95. The minimum Gasteiger partial charge on any atom is -0.289 e. The van der Waals surface area contributed by atoms with Crippen LogP contribution in [0.25, 0.3) is 0 Å². The number of hydroxylamine groups is 2. The number of allylic oxidation sites excluding steroid dienone is 1. The van der Waals surface area contributed by atoms with Crippen LogP contribution in [0, 0.1) is 0 Å². The van der Waals surface area contributed by atoms with Crippen molar-refractivity contribution < 1.29 is 5.21 Å². The van der Waals surface area contributed by atoms with E-state index >= 15 is 0 Å². The lowest BCUT2D eigenvalue weighted by Crippen LogP contribution is -2.22. The van der Waals surface area contributed by atoms with Crippen LogP contribution in [-0.4, -0.2) is 16.8 Å². The molecule has 0 unspecified atom stereocenters. The molecule has 0 saturated carbocycles. The molecule has 1 fully saturated rings. The molecule has 0 aliphatic carbocycles. The van der Waals surface area contributed by atoms with Crippen LogP contribution in [0.15, 0.2) is 12.3 Å². The summed E-state index contributed by atoms with van der Waals surface area (Å²) in [6.07, 6.45) is 3.22. The van der Waals surface area contributed by atoms with Crippen LogP contribution in [0.4, 0.5) is 0 Å². The third-order valence-electron chi connectivity index (χ3n) is 1.45. The Morgan fingerprint density at radius 2 is 2.25 bits per heavy atom. The highest BCUT2D eigenvalue weighted by atomic mass is 16.5. The Kier molecular flexibility index (Phi) is 1.53.